The van der Waals surface area contributed by atoms with Crippen LogP contribution in [0.15, 0.2) is 54.2 Å². The molecule has 0 aliphatic carbocycles. The number of hydrogen-bond donors (Lipinski definition) is 0. The number of rotatable bonds is 6. The van der Waals surface area contributed by atoms with Gasteiger partial charge in [-0.25, -0.2) is 0 Å². The van der Waals surface area contributed by atoms with Gasteiger partial charge in [0.05, 0.1) is 24.2 Å². The van der Waals surface area contributed by atoms with Crippen LogP contribution < -0.4 is 4.74 Å². The number of non-ortho nitro benzene ring substituents is 1. The van der Waals surface area contributed by atoms with E-state index in [9.17, 15) is 19.7 Å². The first-order valence-electron chi connectivity index (χ1n) is 11.0. The number of nitro groups is 1. The normalized spacial score (nSPS) is 21.1. The number of carbonyl (C=O) groups excluding carboxylic acids is 2. The number of nitrogens with zero attached hydrogens (tertiary/aromatic N) is 3. The van der Waals surface area contributed by atoms with E-state index in [1.54, 1.807) is 25.3 Å². The second-order valence-corrected chi connectivity index (χ2v) is 8.89. The molecule has 0 spiro atoms. The van der Waals surface area contributed by atoms with Gasteiger partial charge in [0.2, 0.25) is 0 Å². The zero-order valence-electron chi connectivity index (χ0n) is 19.0. The lowest BCUT2D eigenvalue weighted by Crippen LogP contribution is -2.41. The van der Waals surface area contributed by atoms with Crippen molar-refractivity contribution in [3.8, 4) is 5.75 Å². The van der Waals surface area contributed by atoms with E-state index < -0.39 is 10.8 Å². The Kier molecular flexibility index (Phi) is 6.18. The molecule has 0 bridgehead atoms. The predicted octanol–water partition coefficient (Wildman–Crippen LogP) is 3.86. The first-order valence-corrected chi connectivity index (χ1v) is 11.0. The van der Waals surface area contributed by atoms with Gasteiger partial charge < -0.3 is 9.64 Å². The summed E-state index contributed by atoms with van der Waals surface area (Å²) >= 11 is 0. The summed E-state index contributed by atoms with van der Waals surface area (Å²) in [4.78, 5) is 41.1. The number of piperidine rings is 1. The molecule has 1 saturated heterocycles. The first kappa shape index (κ1) is 22.5. The monoisotopic (exact) mass is 449 g/mol. The van der Waals surface area contributed by atoms with E-state index >= 15 is 0 Å². The second-order valence-electron chi connectivity index (χ2n) is 8.89. The Morgan fingerprint density at radius 2 is 1.64 bits per heavy atom. The van der Waals surface area contributed by atoms with Crippen LogP contribution in [-0.4, -0.2) is 46.7 Å². The van der Waals surface area contributed by atoms with Crippen molar-refractivity contribution in [1.82, 2.24) is 9.80 Å². The average Bonchev–Trinajstić information content (AvgIpc) is 3.03. The number of carbonyl (C=O) groups is 2. The van der Waals surface area contributed by atoms with Gasteiger partial charge in [-0.3, -0.25) is 24.6 Å². The van der Waals surface area contributed by atoms with Crippen LogP contribution in [-0.2, 0) is 16.1 Å². The highest BCUT2D eigenvalue weighted by atomic mass is 16.6. The molecule has 33 heavy (non-hydrogen) atoms. The van der Waals surface area contributed by atoms with E-state index in [0.29, 0.717) is 47.5 Å². The van der Waals surface area contributed by atoms with E-state index in [1.807, 2.05) is 23.1 Å². The Labute approximate surface area is 192 Å². The van der Waals surface area contributed by atoms with Gasteiger partial charge >= 0.3 is 0 Å². The van der Waals surface area contributed by atoms with E-state index in [4.69, 9.17) is 4.74 Å². The minimum atomic E-state index is -0.483. The molecule has 1 fully saturated rings. The number of likely N-dealkylation sites (tertiary alicyclic amines) is 1. The van der Waals surface area contributed by atoms with Crippen molar-refractivity contribution in [2.24, 2.45) is 11.8 Å². The fourth-order valence-corrected chi connectivity index (χ4v) is 4.86. The zero-order valence-corrected chi connectivity index (χ0v) is 19.0. The third-order valence-electron chi connectivity index (χ3n) is 6.22. The standard InChI is InChI=1S/C25H27N3O5/c1-16-12-17(2)14-26(13-16)23-22(18-8-10-20(11-9-18)28(31)32)24(29)27(25(23)30)15-19-6-4-5-7-21(19)33-3/h4-11,16-17H,12-15H2,1-3H3. The van der Waals surface area contributed by atoms with Gasteiger partial charge in [0.15, 0.2) is 0 Å². The summed E-state index contributed by atoms with van der Waals surface area (Å²) in [7, 11) is 1.55. The highest BCUT2D eigenvalue weighted by molar-refractivity contribution is 6.35. The summed E-state index contributed by atoms with van der Waals surface area (Å²) in [5, 5.41) is 11.1. The van der Waals surface area contributed by atoms with Crippen molar-refractivity contribution in [3.05, 3.63) is 75.5 Å². The second kappa shape index (κ2) is 9.05. The van der Waals surface area contributed by atoms with E-state index in [-0.39, 0.29) is 18.1 Å². The number of hydrogen-bond acceptors (Lipinski definition) is 6. The van der Waals surface area contributed by atoms with Crippen LogP contribution in [0.1, 0.15) is 31.4 Å². The highest BCUT2D eigenvalue weighted by Gasteiger charge is 2.43. The molecular formula is C25H27N3O5. The van der Waals surface area contributed by atoms with Crippen LogP contribution in [0.3, 0.4) is 0 Å². The topological polar surface area (TPSA) is 93.0 Å². The molecule has 0 saturated carbocycles. The molecule has 2 unspecified atom stereocenters. The molecule has 2 aromatic carbocycles. The number of amides is 2. The number of ether oxygens (including phenoxy) is 1. The molecule has 2 atom stereocenters. The summed E-state index contributed by atoms with van der Waals surface area (Å²) in [5.74, 6) is 0.612. The Morgan fingerprint density at radius 1 is 1.00 bits per heavy atom. The summed E-state index contributed by atoms with van der Waals surface area (Å²) in [5.41, 5.74) is 1.84. The lowest BCUT2D eigenvalue weighted by atomic mass is 9.91. The molecule has 4 rings (SSSR count). The molecule has 8 nitrogen and oxygen atoms in total. The molecule has 2 amide bonds. The van der Waals surface area contributed by atoms with Crippen molar-refractivity contribution in [1.29, 1.82) is 0 Å². The molecule has 172 valence electrons. The molecule has 2 aliphatic heterocycles. The average molecular weight is 450 g/mol. The molecule has 0 N–H and O–H groups in total. The van der Waals surface area contributed by atoms with E-state index in [1.165, 1.54) is 17.0 Å². The van der Waals surface area contributed by atoms with Crippen molar-refractivity contribution < 1.29 is 19.2 Å². The van der Waals surface area contributed by atoms with Crippen molar-refractivity contribution in [2.45, 2.75) is 26.8 Å². The maximum Gasteiger partial charge on any atom is 0.278 e. The quantitative estimate of drug-likeness (QED) is 0.378. The molecular weight excluding hydrogens is 422 g/mol. The highest BCUT2D eigenvalue weighted by Crippen LogP contribution is 2.36. The van der Waals surface area contributed by atoms with Gasteiger partial charge in [-0.15, -0.1) is 0 Å². The molecule has 2 heterocycles. The summed E-state index contributed by atoms with van der Waals surface area (Å²) in [6.45, 7) is 5.72. The Bertz CT molecular complexity index is 1120. The fourth-order valence-electron chi connectivity index (χ4n) is 4.86. The molecule has 0 radical (unpaired) electrons. The zero-order chi connectivity index (χ0) is 23.7. The summed E-state index contributed by atoms with van der Waals surface area (Å²) in [6.07, 6.45) is 1.06. The maximum absolute atomic E-state index is 13.6. The number of nitro benzene ring substituents is 1. The maximum atomic E-state index is 13.6. The number of imide groups is 1. The minimum absolute atomic E-state index is 0.0660. The van der Waals surface area contributed by atoms with Gasteiger partial charge in [-0.2, -0.15) is 0 Å². The van der Waals surface area contributed by atoms with Gasteiger partial charge in [-0.1, -0.05) is 32.0 Å². The van der Waals surface area contributed by atoms with E-state index in [2.05, 4.69) is 13.8 Å². The number of methoxy groups -OCH3 is 1. The lowest BCUT2D eigenvalue weighted by Gasteiger charge is -2.37. The molecule has 8 heteroatoms. The number of benzene rings is 2. The van der Waals surface area contributed by atoms with Crippen LogP contribution in [0.2, 0.25) is 0 Å². The van der Waals surface area contributed by atoms with Crippen LogP contribution in [0.4, 0.5) is 5.69 Å². The summed E-state index contributed by atoms with van der Waals surface area (Å²) in [6, 6.07) is 13.1. The van der Waals surface area contributed by atoms with Gasteiger partial charge in [0.1, 0.15) is 11.4 Å². The summed E-state index contributed by atoms with van der Waals surface area (Å²) < 4.78 is 5.41. The van der Waals surface area contributed by atoms with Crippen molar-refractivity contribution in [2.75, 3.05) is 20.2 Å². The van der Waals surface area contributed by atoms with Crippen LogP contribution >= 0.6 is 0 Å². The van der Waals surface area contributed by atoms with Crippen LogP contribution in [0.5, 0.6) is 5.75 Å². The first-order chi connectivity index (χ1) is 15.8. The minimum Gasteiger partial charge on any atom is -0.496 e. The van der Waals surface area contributed by atoms with Gasteiger partial charge in [0, 0.05) is 30.8 Å². The smallest absolute Gasteiger partial charge is 0.278 e. The fraction of sp³-hybridized carbons (Fsp3) is 0.360. The third-order valence-corrected chi connectivity index (χ3v) is 6.22. The lowest BCUT2D eigenvalue weighted by molar-refractivity contribution is -0.384. The Balaban J connectivity index is 1.76. The molecule has 2 aliphatic rings. The third kappa shape index (κ3) is 4.33. The molecule has 0 aromatic heterocycles. The van der Waals surface area contributed by atoms with Gasteiger partial charge in [-0.05, 0) is 42.0 Å². The van der Waals surface area contributed by atoms with E-state index in [0.717, 1.165) is 12.0 Å². The Morgan fingerprint density at radius 3 is 2.24 bits per heavy atom. The van der Waals surface area contributed by atoms with Gasteiger partial charge in [0.25, 0.3) is 17.5 Å². The van der Waals surface area contributed by atoms with Crippen LogP contribution in [0, 0.1) is 22.0 Å². The van der Waals surface area contributed by atoms with Crippen molar-refractivity contribution in [3.63, 3.8) is 0 Å². The largest absolute Gasteiger partial charge is 0.496 e. The number of para-hydroxylation sites is 1. The van der Waals surface area contributed by atoms with Crippen LogP contribution in [0.25, 0.3) is 5.57 Å². The predicted molar refractivity (Wildman–Crippen MR) is 123 cm³/mol. The van der Waals surface area contributed by atoms with Crippen molar-refractivity contribution >= 4 is 23.1 Å². The molecule has 2 aromatic rings. The SMILES string of the molecule is COc1ccccc1CN1C(=O)C(c2ccc([N+](=O)[O-])cc2)=C(N2CC(C)CC(C)C2)C1=O. The Hall–Kier alpha value is -3.68.